The molecule has 5 heteroatoms. The third kappa shape index (κ3) is 2.48. The second-order valence-corrected chi connectivity index (χ2v) is 5.58. The van der Waals surface area contributed by atoms with Gasteiger partial charge in [-0.1, -0.05) is 17.7 Å². The summed E-state index contributed by atoms with van der Waals surface area (Å²) in [6.45, 7) is 5.98. The number of hydrogen-bond donors (Lipinski definition) is 2. The van der Waals surface area contributed by atoms with Crippen LogP contribution in [-0.4, -0.2) is 34.1 Å². The second-order valence-electron chi connectivity index (χ2n) is 5.58. The van der Waals surface area contributed by atoms with Gasteiger partial charge in [0.1, 0.15) is 5.54 Å². The van der Waals surface area contributed by atoms with Gasteiger partial charge in [-0.3, -0.25) is 0 Å². The fourth-order valence-electron chi connectivity index (χ4n) is 2.65. The first kappa shape index (κ1) is 14.4. The van der Waals surface area contributed by atoms with Crippen LogP contribution in [0.4, 0.5) is 10.5 Å². The minimum absolute atomic E-state index is 0.348. The molecule has 20 heavy (non-hydrogen) atoms. The number of aliphatic carboxylic acids is 1. The van der Waals surface area contributed by atoms with Gasteiger partial charge < -0.3 is 15.3 Å². The molecule has 0 bridgehead atoms. The molecule has 1 aromatic rings. The zero-order valence-corrected chi connectivity index (χ0v) is 12.1. The maximum atomic E-state index is 12.3. The average Bonchev–Trinajstić information content (AvgIpc) is 2.76. The first-order valence-corrected chi connectivity index (χ1v) is 6.74. The van der Waals surface area contributed by atoms with E-state index in [1.54, 1.807) is 6.92 Å². The number of hydrogen-bond acceptors (Lipinski definition) is 2. The van der Waals surface area contributed by atoms with Crippen molar-refractivity contribution in [1.29, 1.82) is 0 Å². The number of rotatable bonds is 2. The van der Waals surface area contributed by atoms with E-state index in [0.717, 1.165) is 16.8 Å². The molecule has 1 atom stereocenters. The van der Waals surface area contributed by atoms with Gasteiger partial charge in [0, 0.05) is 12.2 Å². The summed E-state index contributed by atoms with van der Waals surface area (Å²) < 4.78 is 0. The molecule has 108 valence electrons. The Morgan fingerprint density at radius 3 is 2.65 bits per heavy atom. The number of carbonyl (C=O) groups excluding carboxylic acids is 1. The highest BCUT2D eigenvalue weighted by atomic mass is 16.4. The molecule has 1 aliphatic heterocycles. The van der Waals surface area contributed by atoms with Gasteiger partial charge in [-0.2, -0.15) is 0 Å². The zero-order chi connectivity index (χ0) is 14.9. The Balaban J connectivity index is 2.18. The molecule has 1 heterocycles. The van der Waals surface area contributed by atoms with Gasteiger partial charge in [-0.15, -0.1) is 0 Å². The van der Waals surface area contributed by atoms with Gasteiger partial charge in [0.2, 0.25) is 0 Å². The molecule has 0 saturated carbocycles. The van der Waals surface area contributed by atoms with Crippen LogP contribution in [0.5, 0.6) is 0 Å². The molecular formula is C15H20N2O3. The molecule has 0 spiro atoms. The normalized spacial score (nSPS) is 21.9. The molecular weight excluding hydrogens is 256 g/mol. The van der Waals surface area contributed by atoms with Crippen molar-refractivity contribution >= 4 is 17.7 Å². The maximum absolute atomic E-state index is 12.3. The number of likely N-dealkylation sites (tertiary alicyclic amines) is 1. The van der Waals surface area contributed by atoms with E-state index in [1.807, 2.05) is 32.0 Å². The number of aryl methyl sites for hydroxylation is 2. The van der Waals surface area contributed by atoms with Crippen LogP contribution in [-0.2, 0) is 4.79 Å². The minimum atomic E-state index is -1.11. The Kier molecular flexibility index (Phi) is 3.70. The second kappa shape index (κ2) is 5.15. The van der Waals surface area contributed by atoms with E-state index in [9.17, 15) is 14.7 Å². The first-order valence-electron chi connectivity index (χ1n) is 6.74. The van der Waals surface area contributed by atoms with Crippen LogP contribution in [0.15, 0.2) is 18.2 Å². The summed E-state index contributed by atoms with van der Waals surface area (Å²) in [4.78, 5) is 25.1. The quantitative estimate of drug-likeness (QED) is 0.872. The number of amides is 2. The summed E-state index contributed by atoms with van der Waals surface area (Å²) in [6.07, 6.45) is 1.20. The number of carboxylic acid groups (broad SMARTS) is 1. The molecule has 5 nitrogen and oxygen atoms in total. The average molecular weight is 276 g/mol. The van der Waals surface area contributed by atoms with Crippen LogP contribution < -0.4 is 5.32 Å². The number of carbonyl (C=O) groups is 2. The van der Waals surface area contributed by atoms with Gasteiger partial charge in [0.25, 0.3) is 0 Å². The van der Waals surface area contributed by atoms with Crippen LogP contribution in [0.2, 0.25) is 0 Å². The van der Waals surface area contributed by atoms with Crippen LogP contribution in [0, 0.1) is 13.8 Å². The van der Waals surface area contributed by atoms with Gasteiger partial charge in [0.05, 0.1) is 0 Å². The van der Waals surface area contributed by atoms with Crippen molar-refractivity contribution in [2.45, 2.75) is 39.2 Å². The van der Waals surface area contributed by atoms with Crippen LogP contribution in [0.1, 0.15) is 30.9 Å². The van der Waals surface area contributed by atoms with E-state index >= 15 is 0 Å². The largest absolute Gasteiger partial charge is 0.480 e. The molecule has 2 amide bonds. The lowest BCUT2D eigenvalue weighted by Crippen LogP contribution is -2.52. The topological polar surface area (TPSA) is 69.6 Å². The standard InChI is InChI=1S/C15H20N2O3/c1-10-5-6-12(11(2)9-10)16-14(20)17-8-4-7-15(17,3)13(18)19/h5-6,9H,4,7-8H2,1-3H3,(H,16,20)(H,18,19). The molecule has 0 aromatic heterocycles. The van der Waals surface area contributed by atoms with E-state index in [0.29, 0.717) is 19.4 Å². The van der Waals surface area contributed by atoms with Crippen molar-refractivity contribution in [2.75, 3.05) is 11.9 Å². The van der Waals surface area contributed by atoms with E-state index in [-0.39, 0.29) is 6.03 Å². The highest BCUT2D eigenvalue weighted by molar-refractivity contribution is 5.94. The van der Waals surface area contributed by atoms with Crippen molar-refractivity contribution in [1.82, 2.24) is 4.90 Å². The zero-order valence-electron chi connectivity index (χ0n) is 12.1. The van der Waals surface area contributed by atoms with Crippen molar-refractivity contribution < 1.29 is 14.7 Å². The van der Waals surface area contributed by atoms with Crippen LogP contribution >= 0.6 is 0 Å². The van der Waals surface area contributed by atoms with Gasteiger partial charge >= 0.3 is 12.0 Å². The SMILES string of the molecule is Cc1ccc(NC(=O)N2CCCC2(C)C(=O)O)c(C)c1. The lowest BCUT2D eigenvalue weighted by molar-refractivity contribution is -0.146. The maximum Gasteiger partial charge on any atom is 0.329 e. The molecule has 1 fully saturated rings. The Morgan fingerprint density at radius 1 is 1.35 bits per heavy atom. The predicted octanol–water partition coefficient (Wildman–Crippen LogP) is 2.77. The van der Waals surface area contributed by atoms with Crippen molar-refractivity contribution in [3.8, 4) is 0 Å². The third-order valence-electron chi connectivity index (χ3n) is 3.97. The monoisotopic (exact) mass is 276 g/mol. The van der Waals surface area contributed by atoms with E-state index in [2.05, 4.69) is 5.32 Å². The molecule has 1 aromatic carbocycles. The minimum Gasteiger partial charge on any atom is -0.480 e. The Hall–Kier alpha value is -2.04. The number of nitrogens with zero attached hydrogens (tertiary/aromatic N) is 1. The van der Waals surface area contributed by atoms with Gasteiger partial charge in [0.15, 0.2) is 0 Å². The first-order chi connectivity index (χ1) is 9.34. The lowest BCUT2D eigenvalue weighted by Gasteiger charge is -2.31. The molecule has 0 aliphatic carbocycles. The van der Waals surface area contributed by atoms with Crippen molar-refractivity contribution in [3.05, 3.63) is 29.3 Å². The predicted molar refractivity (Wildman–Crippen MR) is 76.9 cm³/mol. The summed E-state index contributed by atoms with van der Waals surface area (Å²) in [5.41, 5.74) is 1.70. The number of benzene rings is 1. The number of nitrogens with one attached hydrogen (secondary N) is 1. The van der Waals surface area contributed by atoms with E-state index < -0.39 is 11.5 Å². The van der Waals surface area contributed by atoms with Gasteiger partial charge in [-0.05, 0) is 45.2 Å². The summed E-state index contributed by atoms with van der Waals surface area (Å²) in [5, 5.41) is 12.1. The van der Waals surface area contributed by atoms with Crippen LogP contribution in [0.3, 0.4) is 0 Å². The Bertz CT molecular complexity index is 556. The molecule has 0 radical (unpaired) electrons. The number of urea groups is 1. The molecule has 2 N–H and O–H groups in total. The summed E-state index contributed by atoms with van der Waals surface area (Å²) in [6, 6.07) is 5.40. The smallest absolute Gasteiger partial charge is 0.329 e. The third-order valence-corrected chi connectivity index (χ3v) is 3.97. The highest BCUT2D eigenvalue weighted by Gasteiger charge is 2.46. The van der Waals surface area contributed by atoms with Crippen molar-refractivity contribution in [3.63, 3.8) is 0 Å². The number of carboxylic acids is 1. The van der Waals surface area contributed by atoms with E-state index in [1.165, 1.54) is 4.90 Å². The molecule has 1 saturated heterocycles. The highest BCUT2D eigenvalue weighted by Crippen LogP contribution is 2.30. The molecule has 2 rings (SSSR count). The molecule has 1 unspecified atom stereocenters. The summed E-state index contributed by atoms with van der Waals surface area (Å²) >= 11 is 0. The fraction of sp³-hybridized carbons (Fsp3) is 0.467. The lowest BCUT2D eigenvalue weighted by atomic mass is 10.00. The Labute approximate surface area is 118 Å². The fourth-order valence-corrected chi connectivity index (χ4v) is 2.65. The number of anilines is 1. The summed E-state index contributed by atoms with van der Waals surface area (Å²) in [5.74, 6) is -0.953. The van der Waals surface area contributed by atoms with Gasteiger partial charge in [-0.25, -0.2) is 9.59 Å². The molecule has 1 aliphatic rings. The summed E-state index contributed by atoms with van der Waals surface area (Å²) in [7, 11) is 0. The van der Waals surface area contributed by atoms with Crippen LogP contribution in [0.25, 0.3) is 0 Å². The Morgan fingerprint density at radius 2 is 2.05 bits per heavy atom. The van der Waals surface area contributed by atoms with E-state index in [4.69, 9.17) is 0 Å². The van der Waals surface area contributed by atoms with Crippen molar-refractivity contribution in [2.24, 2.45) is 0 Å².